The zero-order chi connectivity index (χ0) is 18.5. The lowest BCUT2D eigenvalue weighted by molar-refractivity contribution is -0.384. The summed E-state index contributed by atoms with van der Waals surface area (Å²) in [5.41, 5.74) is 1.69. The monoisotopic (exact) mass is 349 g/mol. The first-order chi connectivity index (χ1) is 12.6. The quantitative estimate of drug-likeness (QED) is 0.518. The number of aromatic nitrogens is 1. The lowest BCUT2D eigenvalue weighted by Crippen LogP contribution is -2.29. The largest absolute Gasteiger partial charge is 0.420 e. The van der Waals surface area contributed by atoms with E-state index in [1.165, 1.54) is 23.2 Å². The number of para-hydroxylation sites is 2. The van der Waals surface area contributed by atoms with Gasteiger partial charge in [-0.15, -0.1) is 0 Å². The van der Waals surface area contributed by atoms with Crippen LogP contribution in [0.2, 0.25) is 0 Å². The number of carbonyl (C=O) groups excluding carboxylic acids is 1. The first-order valence-corrected chi connectivity index (χ1v) is 7.76. The Morgan fingerprint density at radius 2 is 1.73 bits per heavy atom. The SMILES string of the molecule is CN(C(=O)Oc1ccc(-c2ccccc2[N+](=O)[O-])cn1)c1ccccc1. The maximum absolute atomic E-state index is 12.2. The van der Waals surface area contributed by atoms with E-state index in [0.29, 0.717) is 16.8 Å². The third-order valence-electron chi connectivity index (χ3n) is 3.76. The fourth-order valence-corrected chi connectivity index (χ4v) is 2.39. The van der Waals surface area contributed by atoms with E-state index in [4.69, 9.17) is 4.74 Å². The van der Waals surface area contributed by atoms with E-state index < -0.39 is 11.0 Å². The molecule has 0 saturated heterocycles. The number of anilines is 1. The number of nitro groups is 1. The zero-order valence-corrected chi connectivity index (χ0v) is 13.9. The molecule has 0 N–H and O–H groups in total. The van der Waals surface area contributed by atoms with E-state index in [1.807, 2.05) is 18.2 Å². The van der Waals surface area contributed by atoms with Crippen molar-refractivity contribution in [1.29, 1.82) is 0 Å². The summed E-state index contributed by atoms with van der Waals surface area (Å²) >= 11 is 0. The van der Waals surface area contributed by atoms with Gasteiger partial charge in [0.25, 0.3) is 5.69 Å². The van der Waals surface area contributed by atoms with Crippen LogP contribution in [0.25, 0.3) is 11.1 Å². The number of rotatable bonds is 4. The summed E-state index contributed by atoms with van der Waals surface area (Å²) < 4.78 is 5.24. The van der Waals surface area contributed by atoms with Crippen LogP contribution in [-0.4, -0.2) is 23.0 Å². The molecule has 3 aromatic rings. The zero-order valence-electron chi connectivity index (χ0n) is 13.9. The number of amides is 1. The highest BCUT2D eigenvalue weighted by Gasteiger charge is 2.16. The molecule has 130 valence electrons. The molecule has 3 rings (SSSR count). The highest BCUT2D eigenvalue weighted by atomic mass is 16.6. The van der Waals surface area contributed by atoms with Crippen molar-refractivity contribution in [2.75, 3.05) is 11.9 Å². The molecule has 1 aromatic heterocycles. The highest BCUT2D eigenvalue weighted by Crippen LogP contribution is 2.29. The number of hydrogen-bond donors (Lipinski definition) is 0. The van der Waals surface area contributed by atoms with Crippen LogP contribution >= 0.6 is 0 Å². The van der Waals surface area contributed by atoms with Gasteiger partial charge < -0.3 is 4.74 Å². The van der Waals surface area contributed by atoms with E-state index >= 15 is 0 Å². The lowest BCUT2D eigenvalue weighted by atomic mass is 10.1. The van der Waals surface area contributed by atoms with Crippen LogP contribution < -0.4 is 9.64 Å². The van der Waals surface area contributed by atoms with Crippen LogP contribution in [0.15, 0.2) is 72.9 Å². The Hall–Kier alpha value is -3.74. The maximum Gasteiger partial charge on any atom is 0.420 e. The van der Waals surface area contributed by atoms with Crippen LogP contribution in [0.4, 0.5) is 16.2 Å². The van der Waals surface area contributed by atoms with Gasteiger partial charge in [-0.25, -0.2) is 9.78 Å². The van der Waals surface area contributed by atoms with Crippen molar-refractivity contribution in [3.63, 3.8) is 0 Å². The number of ether oxygens (including phenoxy) is 1. The molecule has 7 heteroatoms. The lowest BCUT2D eigenvalue weighted by Gasteiger charge is -2.16. The number of hydrogen-bond acceptors (Lipinski definition) is 5. The van der Waals surface area contributed by atoms with Crippen molar-refractivity contribution in [2.45, 2.75) is 0 Å². The van der Waals surface area contributed by atoms with Gasteiger partial charge in [0.1, 0.15) is 0 Å². The fourth-order valence-electron chi connectivity index (χ4n) is 2.39. The fraction of sp³-hybridized carbons (Fsp3) is 0.0526. The summed E-state index contributed by atoms with van der Waals surface area (Å²) in [7, 11) is 1.60. The van der Waals surface area contributed by atoms with Crippen molar-refractivity contribution in [3.8, 4) is 17.0 Å². The Morgan fingerprint density at radius 3 is 2.38 bits per heavy atom. The molecule has 0 bridgehead atoms. The minimum absolute atomic E-state index is 0.0112. The Labute approximate surface area is 149 Å². The van der Waals surface area contributed by atoms with Gasteiger partial charge in [0.2, 0.25) is 5.88 Å². The van der Waals surface area contributed by atoms with Gasteiger partial charge >= 0.3 is 6.09 Å². The molecule has 26 heavy (non-hydrogen) atoms. The molecule has 2 aromatic carbocycles. The Bertz CT molecular complexity index is 927. The molecule has 1 heterocycles. The second-order valence-corrected chi connectivity index (χ2v) is 5.42. The average Bonchev–Trinajstić information content (AvgIpc) is 2.68. The molecule has 0 radical (unpaired) electrons. The Balaban J connectivity index is 1.76. The minimum Gasteiger partial charge on any atom is -0.391 e. The molecule has 0 spiro atoms. The normalized spacial score (nSPS) is 10.2. The third kappa shape index (κ3) is 3.67. The number of benzene rings is 2. The summed E-state index contributed by atoms with van der Waals surface area (Å²) in [5.74, 6) is 0.111. The highest BCUT2D eigenvalue weighted by molar-refractivity contribution is 5.88. The molecule has 0 saturated carbocycles. The van der Waals surface area contributed by atoms with Gasteiger partial charge in [-0.05, 0) is 24.3 Å². The van der Waals surface area contributed by atoms with Crippen LogP contribution in [0, 0.1) is 10.1 Å². The van der Waals surface area contributed by atoms with Crippen molar-refractivity contribution < 1.29 is 14.5 Å². The first kappa shape index (κ1) is 17.1. The summed E-state index contributed by atoms with van der Waals surface area (Å²) in [4.78, 5) is 28.3. The van der Waals surface area contributed by atoms with E-state index in [-0.39, 0.29) is 11.6 Å². The van der Waals surface area contributed by atoms with Crippen molar-refractivity contribution in [2.24, 2.45) is 0 Å². The summed E-state index contributed by atoms with van der Waals surface area (Å²) in [6.45, 7) is 0. The molecular formula is C19H15N3O4. The molecule has 0 atom stereocenters. The van der Waals surface area contributed by atoms with Crippen molar-refractivity contribution >= 4 is 17.5 Å². The van der Waals surface area contributed by atoms with Gasteiger partial charge in [-0.1, -0.05) is 30.3 Å². The maximum atomic E-state index is 12.2. The molecule has 0 aliphatic carbocycles. The van der Waals surface area contributed by atoms with Gasteiger partial charge in [-0.3, -0.25) is 15.0 Å². The van der Waals surface area contributed by atoms with E-state index in [2.05, 4.69) is 4.98 Å². The predicted molar refractivity (Wildman–Crippen MR) is 97.2 cm³/mol. The van der Waals surface area contributed by atoms with Crippen LogP contribution in [0.3, 0.4) is 0 Å². The molecular weight excluding hydrogens is 334 g/mol. The van der Waals surface area contributed by atoms with Gasteiger partial charge in [0.15, 0.2) is 0 Å². The van der Waals surface area contributed by atoms with E-state index in [9.17, 15) is 14.9 Å². The van der Waals surface area contributed by atoms with E-state index in [1.54, 1.807) is 43.4 Å². The standard InChI is InChI=1S/C19H15N3O4/c1-21(15-7-3-2-4-8-15)19(23)26-18-12-11-14(13-20-18)16-9-5-6-10-17(16)22(24)25/h2-13H,1H3. The van der Waals surface area contributed by atoms with Gasteiger partial charge in [0.05, 0.1) is 10.5 Å². The van der Waals surface area contributed by atoms with Gasteiger partial charge in [-0.2, -0.15) is 0 Å². The summed E-state index contributed by atoms with van der Waals surface area (Å²) in [5, 5.41) is 11.1. The minimum atomic E-state index is -0.581. The molecule has 0 fully saturated rings. The number of nitro benzene ring substituents is 1. The molecule has 0 unspecified atom stereocenters. The molecule has 7 nitrogen and oxygen atoms in total. The van der Waals surface area contributed by atoms with E-state index in [0.717, 1.165) is 0 Å². The molecule has 1 amide bonds. The number of pyridine rings is 1. The van der Waals surface area contributed by atoms with Gasteiger partial charge in [0, 0.05) is 36.6 Å². The topological polar surface area (TPSA) is 85.6 Å². The van der Waals surface area contributed by atoms with Crippen molar-refractivity contribution in [1.82, 2.24) is 4.98 Å². The number of carbonyl (C=O) groups is 1. The second-order valence-electron chi connectivity index (χ2n) is 5.42. The Kier molecular flexibility index (Phi) is 4.89. The van der Waals surface area contributed by atoms with Crippen LogP contribution in [-0.2, 0) is 0 Å². The van der Waals surface area contributed by atoms with Crippen LogP contribution in [0.5, 0.6) is 5.88 Å². The predicted octanol–water partition coefficient (Wildman–Crippen LogP) is 4.29. The second kappa shape index (κ2) is 7.43. The molecule has 0 aliphatic rings. The third-order valence-corrected chi connectivity index (χ3v) is 3.76. The summed E-state index contributed by atoms with van der Waals surface area (Å²) in [6, 6.07) is 18.6. The molecule has 0 aliphatic heterocycles. The smallest absolute Gasteiger partial charge is 0.391 e. The first-order valence-electron chi connectivity index (χ1n) is 7.76. The Morgan fingerprint density at radius 1 is 1.04 bits per heavy atom. The average molecular weight is 349 g/mol. The van der Waals surface area contributed by atoms with Crippen LogP contribution in [0.1, 0.15) is 0 Å². The number of nitrogens with zero attached hydrogens (tertiary/aromatic N) is 3. The van der Waals surface area contributed by atoms with Crippen molar-refractivity contribution in [3.05, 3.63) is 83.0 Å². The summed E-state index contributed by atoms with van der Waals surface area (Å²) in [6.07, 6.45) is 0.857.